The van der Waals surface area contributed by atoms with Crippen molar-refractivity contribution in [1.29, 1.82) is 0 Å². The summed E-state index contributed by atoms with van der Waals surface area (Å²) in [7, 11) is -7.27. The van der Waals surface area contributed by atoms with Gasteiger partial charge in [-0.05, 0) is 213 Å². The van der Waals surface area contributed by atoms with Crippen molar-refractivity contribution in [1.82, 2.24) is 54.8 Å². The van der Waals surface area contributed by atoms with Crippen LogP contribution in [0.5, 0.6) is 17.4 Å². The summed E-state index contributed by atoms with van der Waals surface area (Å²) in [5.41, 5.74) is 12.0. The van der Waals surface area contributed by atoms with E-state index >= 15 is 0 Å². The first-order chi connectivity index (χ1) is 57.7. The van der Waals surface area contributed by atoms with Crippen LogP contribution in [0, 0.1) is 58.4 Å². The fourth-order valence-electron chi connectivity index (χ4n) is 11.4. The lowest BCUT2D eigenvalue weighted by Gasteiger charge is -2.24. The predicted octanol–water partition coefficient (Wildman–Crippen LogP) is 20.0. The Kier molecular flexibility index (Phi) is 30.8. The molecule has 0 fully saturated rings. The van der Waals surface area contributed by atoms with Crippen LogP contribution in [-0.4, -0.2) is 96.1 Å². The van der Waals surface area contributed by atoms with Crippen LogP contribution in [0.2, 0.25) is 0 Å². The second-order valence-electron chi connectivity index (χ2n) is 30.0. The molecule has 11 aromatic heterocycles. The Bertz CT molecular complexity index is 6340. The Morgan fingerprint density at radius 1 is 0.358 bits per heavy atom. The smallest absolute Gasteiger partial charge is 0.508 e. The summed E-state index contributed by atoms with van der Waals surface area (Å²) in [6, 6.07) is 69.6. The van der Waals surface area contributed by atoms with Gasteiger partial charge >= 0.3 is 22.7 Å². The monoisotopic (exact) mass is 1690 g/mol. The molecular weight excluding hydrogens is 1600 g/mol. The van der Waals surface area contributed by atoms with Gasteiger partial charge in [-0.2, -0.15) is 39.2 Å². The van der Waals surface area contributed by atoms with Crippen LogP contribution >= 0.6 is 0 Å². The van der Waals surface area contributed by atoms with Crippen LogP contribution in [0.1, 0.15) is 88.2 Å². The molecule has 0 aliphatic carbocycles. The summed E-state index contributed by atoms with van der Waals surface area (Å²) in [5, 5.41) is 41.3. The number of aromatic nitrogens is 11. The van der Waals surface area contributed by atoms with E-state index in [0.29, 0.717) is 27.6 Å². The zero-order valence-electron chi connectivity index (χ0n) is 67.9. The quantitative estimate of drug-likeness (QED) is 0.0296. The van der Waals surface area contributed by atoms with Gasteiger partial charge in [-0.1, -0.05) is 122 Å². The van der Waals surface area contributed by atoms with Crippen molar-refractivity contribution in [3.63, 3.8) is 0 Å². The molecule has 0 saturated carbocycles. The van der Waals surface area contributed by atoms with Crippen molar-refractivity contribution in [2.24, 2.45) is 0 Å². The number of hydrogen-bond acceptors (Lipinski definition) is 18. The molecule has 11 heterocycles. The maximum absolute atomic E-state index is 12.8. The Morgan fingerprint density at radius 2 is 0.683 bits per heavy atom. The van der Waals surface area contributed by atoms with Crippen molar-refractivity contribution in [3.8, 4) is 51.2 Å². The molecule has 0 bridgehead atoms. The van der Waals surface area contributed by atoms with Gasteiger partial charge in [0.2, 0.25) is 40.8 Å². The topological polar surface area (TPSA) is 306 Å². The summed E-state index contributed by atoms with van der Waals surface area (Å²) < 4.78 is 112. The number of fused-ring (bicyclic) bond motifs is 6. The molecule has 0 spiro atoms. The number of nitrogens with one attached hydrogen (secondary N) is 2. The van der Waals surface area contributed by atoms with E-state index < -0.39 is 52.4 Å². The number of nitrogens with zero attached hydrogens (tertiary/aromatic N) is 9. The van der Waals surface area contributed by atoms with Crippen LogP contribution in [-0.2, 0) is 20.9 Å². The zero-order chi connectivity index (χ0) is 88.4. The van der Waals surface area contributed by atoms with Crippen LogP contribution in [0.15, 0.2) is 277 Å². The molecule has 0 atom stereocenters. The number of rotatable bonds is 6. The Hall–Kier alpha value is -14.0. The highest BCUT2D eigenvalue weighted by molar-refractivity contribution is 7.88. The number of halogens is 7. The van der Waals surface area contributed by atoms with Crippen molar-refractivity contribution in [2.75, 3.05) is 0 Å². The van der Waals surface area contributed by atoms with E-state index in [1.54, 1.807) is 79.7 Å². The van der Waals surface area contributed by atoms with Crippen molar-refractivity contribution >= 4 is 88.1 Å². The Balaban J connectivity index is 0.000000161. The van der Waals surface area contributed by atoms with Crippen molar-refractivity contribution in [3.05, 3.63) is 351 Å². The van der Waals surface area contributed by atoms with E-state index in [1.807, 2.05) is 106 Å². The molecule has 17 aromatic rings. The number of phenols is 2. The van der Waals surface area contributed by atoms with Crippen molar-refractivity contribution in [2.45, 2.75) is 99.9 Å². The van der Waals surface area contributed by atoms with Gasteiger partial charge in [-0.15, -0.1) is 0 Å². The van der Waals surface area contributed by atoms with Gasteiger partial charge in [0, 0.05) is 127 Å². The second kappa shape index (κ2) is 40.8. The minimum Gasteiger partial charge on any atom is -0.508 e. The SMILES string of the molecule is C.Cc1cc(C(C)(C)C)nc(C(C)(C)C)c1.Cc1ccc2ccc(-c3ccc(F)nc3)nc2c1.Cc1ccc2ccc(-c3ccc(F)nc3)nc2c1.Cc1ccc2ccc(=O)[nH]c2c1.Cc1ccc2ccc(OS(=O)(=O)C(F)(F)F)nc2c1.O=c1ccc2ccc(O)cc2[nH]1.OB(O)c1ccc(F)nc1.Oc1ccc2ccc(-c3ccc(F)nc3)nc2c1. The average molecular weight is 1690 g/mol. The molecule has 20 nitrogen and oxygen atoms in total. The van der Waals surface area contributed by atoms with Gasteiger partial charge in [0.25, 0.3) is 0 Å². The van der Waals surface area contributed by atoms with E-state index in [1.165, 1.54) is 95.2 Å². The third-order valence-electron chi connectivity index (χ3n) is 17.9. The van der Waals surface area contributed by atoms with Crippen molar-refractivity contribution < 1.29 is 63.6 Å². The van der Waals surface area contributed by atoms with E-state index in [-0.39, 0.29) is 46.3 Å². The van der Waals surface area contributed by atoms with Crippen LogP contribution < -0.4 is 20.8 Å². The van der Waals surface area contributed by atoms with Crippen LogP contribution in [0.4, 0.5) is 30.7 Å². The first kappa shape index (κ1) is 92.9. The number of aromatic hydroxyl groups is 2. The molecule has 0 unspecified atom stereocenters. The molecule has 0 radical (unpaired) electrons. The molecule has 6 aromatic carbocycles. The van der Waals surface area contributed by atoms with Crippen LogP contribution in [0.3, 0.4) is 0 Å². The molecule has 6 N–H and O–H groups in total. The lowest BCUT2D eigenvalue weighted by atomic mass is 9.82. The average Bonchev–Trinajstić information content (AvgIpc) is 0.855. The van der Waals surface area contributed by atoms with E-state index in [9.17, 15) is 53.8 Å². The number of alkyl halides is 3. The molecule has 0 saturated heterocycles. The standard InChI is InChI=1S/2C15H11FN2.C14H9FN2O.C14H23N.C11H8F3NO3S.C10H9NO.C9H7NO2.C5H5BFNO2.CH4/c2*1-10-2-3-11-4-6-13(18-14(11)8-10)12-5-7-15(16)17-9-12;15-14-6-3-10(8-16-14)12-5-2-9-1-4-11(18)7-13(9)17-12;1-10-8-11(13(2,3)4)15-12(9-10)14(5,6)7;1-7-2-3-8-4-5-10(15-9(8)6-7)18-19(16,17)11(12,13)14;1-7-2-3-8-4-5-10(12)11-9(8)6-7;11-7-3-1-6-2-4-9(12)10-8(6)5-7;7-5-2-1-4(3-8-5)6(9)10;/h2*2-9H,1H3;1-8,18H;8-9H,1-7H3;2-6H,1H3;2-6H,1H3,(H,11,12);1-5,11H,(H,10,12);1-3,9-10H;1H4. The lowest BCUT2D eigenvalue weighted by molar-refractivity contribution is -0.0501. The molecule has 29 heteroatoms. The van der Waals surface area contributed by atoms with Gasteiger partial charge < -0.3 is 34.4 Å². The summed E-state index contributed by atoms with van der Waals surface area (Å²) >= 11 is 0. The number of H-pyrrole nitrogens is 2. The summed E-state index contributed by atoms with van der Waals surface area (Å²) in [5.74, 6) is -2.39. The highest BCUT2D eigenvalue weighted by atomic mass is 32.2. The molecule has 17 rings (SSSR count). The normalized spacial score (nSPS) is 11.1. The summed E-state index contributed by atoms with van der Waals surface area (Å²) in [4.78, 5) is 63.4. The van der Waals surface area contributed by atoms with Gasteiger partial charge in [0.05, 0.1) is 44.7 Å². The molecule has 630 valence electrons. The number of phenolic OH excluding ortho intramolecular Hbond substituents is 2. The minimum atomic E-state index is -5.69. The fraction of sp³-hybridized carbons (Fsp3) is 0.160. The number of aryl methyl sites for hydroxylation is 5. The fourth-order valence-corrected chi connectivity index (χ4v) is 11.8. The van der Waals surface area contributed by atoms with Gasteiger partial charge in [0.15, 0.2) is 0 Å². The number of benzene rings is 6. The van der Waals surface area contributed by atoms with Gasteiger partial charge in [-0.25, -0.2) is 39.9 Å². The van der Waals surface area contributed by atoms with Gasteiger partial charge in [0.1, 0.15) is 11.5 Å². The molecule has 0 aliphatic heterocycles. The maximum Gasteiger partial charge on any atom is 0.534 e. The lowest BCUT2D eigenvalue weighted by Crippen LogP contribution is -2.30. The van der Waals surface area contributed by atoms with E-state index in [2.05, 4.69) is 127 Å². The third kappa shape index (κ3) is 27.0. The third-order valence-corrected chi connectivity index (χ3v) is 18.8. The van der Waals surface area contributed by atoms with Crippen LogP contribution in [0.25, 0.3) is 99.2 Å². The molecule has 0 amide bonds. The number of aromatic amines is 2. The highest BCUT2D eigenvalue weighted by Crippen LogP contribution is 2.31. The highest BCUT2D eigenvalue weighted by Gasteiger charge is 2.49. The number of hydrogen-bond donors (Lipinski definition) is 6. The maximum atomic E-state index is 12.8. The Labute approximate surface area is 705 Å². The first-order valence-electron chi connectivity index (χ1n) is 37.6. The summed E-state index contributed by atoms with van der Waals surface area (Å²) in [6.07, 6.45) is 5.50. The Morgan fingerprint density at radius 3 is 1.06 bits per heavy atom. The molecule has 123 heavy (non-hydrogen) atoms. The summed E-state index contributed by atoms with van der Waals surface area (Å²) in [6.45, 7) is 23.3. The minimum absolute atomic E-state index is 0. The largest absolute Gasteiger partial charge is 0.534 e. The van der Waals surface area contributed by atoms with E-state index in [4.69, 9.17) is 20.1 Å². The van der Waals surface area contributed by atoms with E-state index in [0.717, 1.165) is 101 Å². The second-order valence-corrected chi connectivity index (χ2v) is 31.5. The molecular formula is C94H87BF7N11O9S. The first-order valence-corrected chi connectivity index (χ1v) is 39.1. The predicted molar refractivity (Wildman–Crippen MR) is 471 cm³/mol. The van der Waals surface area contributed by atoms with Gasteiger partial charge in [-0.3, -0.25) is 14.6 Å². The molecule has 0 aliphatic rings. The number of pyridine rings is 11. The zero-order valence-corrected chi connectivity index (χ0v) is 68.7.